The van der Waals surface area contributed by atoms with Gasteiger partial charge >= 0.3 is 0 Å². The molecule has 0 aliphatic heterocycles. The molecule has 2 nitrogen and oxygen atoms in total. The van der Waals surface area contributed by atoms with Crippen molar-refractivity contribution in [2.24, 2.45) is 0 Å². The van der Waals surface area contributed by atoms with E-state index in [0.29, 0.717) is 11.3 Å². The van der Waals surface area contributed by atoms with Crippen LogP contribution in [0.15, 0.2) is 59.9 Å². The van der Waals surface area contributed by atoms with Crippen molar-refractivity contribution in [3.63, 3.8) is 0 Å². The standard InChI is InChI=1S/C17H19FO2/c1-5-12(3)17(20-4)15(6-2)16(19)11-13-7-9-14(18)10-8-13/h5-10H,1,11H2,2-4H3/b15-6-,17-12+. The molecule has 106 valence electrons. The quantitative estimate of drug-likeness (QED) is 0.445. The second kappa shape index (κ2) is 7.43. The second-order valence-electron chi connectivity index (χ2n) is 4.35. The van der Waals surface area contributed by atoms with Crippen LogP contribution in [-0.2, 0) is 16.0 Å². The summed E-state index contributed by atoms with van der Waals surface area (Å²) in [7, 11) is 1.52. The van der Waals surface area contributed by atoms with E-state index in [1.165, 1.54) is 19.2 Å². The Morgan fingerprint density at radius 2 is 1.95 bits per heavy atom. The van der Waals surface area contributed by atoms with E-state index < -0.39 is 0 Å². The molecule has 0 radical (unpaired) electrons. The molecule has 0 saturated carbocycles. The summed E-state index contributed by atoms with van der Waals surface area (Å²) in [6.07, 6.45) is 3.57. The summed E-state index contributed by atoms with van der Waals surface area (Å²) in [5.41, 5.74) is 2.07. The van der Waals surface area contributed by atoms with Gasteiger partial charge in [-0.05, 0) is 37.1 Å². The van der Waals surface area contributed by atoms with Gasteiger partial charge in [0.25, 0.3) is 0 Å². The molecule has 0 amide bonds. The molecule has 0 fully saturated rings. The number of hydrogen-bond acceptors (Lipinski definition) is 2. The van der Waals surface area contributed by atoms with E-state index in [2.05, 4.69) is 6.58 Å². The zero-order valence-corrected chi connectivity index (χ0v) is 12.1. The highest BCUT2D eigenvalue weighted by atomic mass is 19.1. The molecular formula is C17H19FO2. The highest BCUT2D eigenvalue weighted by molar-refractivity contribution is 6.00. The van der Waals surface area contributed by atoms with Crippen molar-refractivity contribution in [3.05, 3.63) is 71.3 Å². The Morgan fingerprint density at radius 1 is 1.35 bits per heavy atom. The summed E-state index contributed by atoms with van der Waals surface area (Å²) >= 11 is 0. The van der Waals surface area contributed by atoms with Gasteiger partial charge in [0.05, 0.1) is 12.7 Å². The van der Waals surface area contributed by atoms with Gasteiger partial charge < -0.3 is 4.74 Å². The first kappa shape index (κ1) is 15.9. The van der Waals surface area contributed by atoms with Crippen molar-refractivity contribution in [3.8, 4) is 0 Å². The Balaban J connectivity index is 2.99. The lowest BCUT2D eigenvalue weighted by atomic mass is 9.99. The van der Waals surface area contributed by atoms with E-state index in [9.17, 15) is 9.18 Å². The van der Waals surface area contributed by atoms with Crippen LogP contribution in [0.2, 0.25) is 0 Å². The van der Waals surface area contributed by atoms with Crippen molar-refractivity contribution < 1.29 is 13.9 Å². The fourth-order valence-corrected chi connectivity index (χ4v) is 1.88. The number of hydrogen-bond donors (Lipinski definition) is 0. The number of Topliss-reactive ketones (excluding diaryl/α,β-unsaturated/α-hetero) is 1. The Labute approximate surface area is 119 Å². The van der Waals surface area contributed by atoms with Crippen LogP contribution in [0.25, 0.3) is 0 Å². The zero-order valence-electron chi connectivity index (χ0n) is 12.1. The SMILES string of the molecule is C=C/C(C)=C(OC)\C(=C/C)C(=O)Cc1ccc(F)cc1. The molecule has 0 saturated heterocycles. The van der Waals surface area contributed by atoms with Crippen LogP contribution in [0.4, 0.5) is 4.39 Å². The minimum Gasteiger partial charge on any atom is -0.496 e. The van der Waals surface area contributed by atoms with Gasteiger partial charge in [-0.2, -0.15) is 0 Å². The third-order valence-corrected chi connectivity index (χ3v) is 2.98. The van der Waals surface area contributed by atoms with Crippen LogP contribution in [0.5, 0.6) is 0 Å². The number of ketones is 1. The van der Waals surface area contributed by atoms with Crippen molar-refractivity contribution in [1.82, 2.24) is 0 Å². The monoisotopic (exact) mass is 274 g/mol. The van der Waals surface area contributed by atoms with Crippen LogP contribution in [0.3, 0.4) is 0 Å². The summed E-state index contributed by atoms with van der Waals surface area (Å²) in [6.45, 7) is 7.30. The smallest absolute Gasteiger partial charge is 0.170 e. The highest BCUT2D eigenvalue weighted by Crippen LogP contribution is 2.19. The van der Waals surface area contributed by atoms with E-state index in [-0.39, 0.29) is 18.0 Å². The molecule has 0 atom stereocenters. The van der Waals surface area contributed by atoms with Gasteiger partial charge in [-0.3, -0.25) is 4.79 Å². The van der Waals surface area contributed by atoms with E-state index >= 15 is 0 Å². The van der Waals surface area contributed by atoms with E-state index in [1.54, 1.807) is 31.2 Å². The van der Waals surface area contributed by atoms with Crippen molar-refractivity contribution in [2.45, 2.75) is 20.3 Å². The second-order valence-corrected chi connectivity index (χ2v) is 4.35. The average molecular weight is 274 g/mol. The predicted molar refractivity (Wildman–Crippen MR) is 78.8 cm³/mol. The average Bonchev–Trinajstić information content (AvgIpc) is 2.46. The zero-order chi connectivity index (χ0) is 15.1. The van der Waals surface area contributed by atoms with Crippen molar-refractivity contribution in [1.29, 1.82) is 0 Å². The first-order valence-corrected chi connectivity index (χ1v) is 6.35. The lowest BCUT2D eigenvalue weighted by Crippen LogP contribution is -2.11. The normalized spacial score (nSPS) is 12.7. The largest absolute Gasteiger partial charge is 0.496 e. The molecule has 0 aliphatic rings. The molecule has 20 heavy (non-hydrogen) atoms. The van der Waals surface area contributed by atoms with Gasteiger partial charge in [0, 0.05) is 6.42 Å². The van der Waals surface area contributed by atoms with E-state index in [1.807, 2.05) is 6.92 Å². The fraction of sp³-hybridized carbons (Fsp3) is 0.235. The number of halogens is 1. The summed E-state index contributed by atoms with van der Waals surface area (Å²) in [4.78, 5) is 12.3. The van der Waals surface area contributed by atoms with Crippen LogP contribution in [0, 0.1) is 5.82 Å². The maximum atomic E-state index is 12.8. The van der Waals surface area contributed by atoms with Gasteiger partial charge in [-0.15, -0.1) is 0 Å². The fourth-order valence-electron chi connectivity index (χ4n) is 1.88. The molecule has 1 aromatic carbocycles. The highest BCUT2D eigenvalue weighted by Gasteiger charge is 2.16. The minimum absolute atomic E-state index is 0.0721. The topological polar surface area (TPSA) is 26.3 Å². The number of allylic oxidation sites excluding steroid dienone is 4. The third-order valence-electron chi connectivity index (χ3n) is 2.98. The van der Waals surface area contributed by atoms with E-state index in [0.717, 1.165) is 11.1 Å². The molecule has 0 N–H and O–H groups in total. The first-order valence-electron chi connectivity index (χ1n) is 6.35. The van der Waals surface area contributed by atoms with Gasteiger partial charge in [0.15, 0.2) is 5.78 Å². The molecule has 1 rings (SSSR count). The summed E-state index contributed by atoms with van der Waals surface area (Å²) in [5, 5.41) is 0. The third kappa shape index (κ3) is 3.92. The maximum Gasteiger partial charge on any atom is 0.170 e. The summed E-state index contributed by atoms with van der Waals surface area (Å²) in [5.74, 6) is 0.138. The molecule has 0 heterocycles. The minimum atomic E-state index is -0.313. The van der Waals surface area contributed by atoms with Gasteiger partial charge in [0.2, 0.25) is 0 Å². The first-order chi connectivity index (χ1) is 9.53. The molecule has 0 spiro atoms. The van der Waals surface area contributed by atoms with Gasteiger partial charge in [0.1, 0.15) is 11.6 Å². The Morgan fingerprint density at radius 3 is 2.40 bits per heavy atom. The summed E-state index contributed by atoms with van der Waals surface area (Å²) < 4.78 is 18.1. The molecule has 0 bridgehead atoms. The predicted octanol–water partition coefficient (Wildman–Crippen LogP) is 3.99. The molecule has 0 unspecified atom stereocenters. The number of rotatable bonds is 6. The Bertz CT molecular complexity index is 551. The van der Waals surface area contributed by atoms with Gasteiger partial charge in [-0.1, -0.05) is 30.9 Å². The van der Waals surface area contributed by atoms with Crippen LogP contribution >= 0.6 is 0 Å². The summed E-state index contributed by atoms with van der Waals surface area (Å²) in [6, 6.07) is 5.91. The van der Waals surface area contributed by atoms with Crippen LogP contribution in [-0.4, -0.2) is 12.9 Å². The van der Waals surface area contributed by atoms with Crippen molar-refractivity contribution in [2.75, 3.05) is 7.11 Å². The van der Waals surface area contributed by atoms with Crippen LogP contribution in [0.1, 0.15) is 19.4 Å². The Kier molecular flexibility index (Phi) is 5.91. The maximum absolute atomic E-state index is 12.8. The molecule has 3 heteroatoms. The number of benzene rings is 1. The van der Waals surface area contributed by atoms with Crippen LogP contribution < -0.4 is 0 Å². The lowest BCUT2D eigenvalue weighted by molar-refractivity contribution is -0.115. The molecule has 0 aliphatic carbocycles. The van der Waals surface area contributed by atoms with Crippen molar-refractivity contribution >= 4 is 5.78 Å². The molecule has 1 aromatic rings. The van der Waals surface area contributed by atoms with Gasteiger partial charge in [-0.25, -0.2) is 4.39 Å². The number of carbonyl (C=O) groups is 1. The van der Waals surface area contributed by atoms with E-state index in [4.69, 9.17) is 4.74 Å². The number of methoxy groups -OCH3 is 1. The molecular weight excluding hydrogens is 255 g/mol. The Hall–Kier alpha value is -2.16. The lowest BCUT2D eigenvalue weighted by Gasteiger charge is -2.12. The molecule has 0 aromatic heterocycles. The number of ether oxygens (including phenoxy) is 1. The number of carbonyl (C=O) groups excluding carboxylic acids is 1.